The van der Waals surface area contributed by atoms with E-state index < -0.39 is 11.7 Å². The third kappa shape index (κ3) is 4.38. The summed E-state index contributed by atoms with van der Waals surface area (Å²) in [5.41, 5.74) is -1.02. The van der Waals surface area contributed by atoms with Gasteiger partial charge in [-0.3, -0.25) is 0 Å². The second-order valence-corrected chi connectivity index (χ2v) is 9.34. The number of ether oxygens (including phenoxy) is 1. The number of amides is 2. The number of hydrogen-bond acceptors (Lipinski definition) is 4. The van der Waals surface area contributed by atoms with Crippen LogP contribution in [0.4, 0.5) is 23.7 Å². The van der Waals surface area contributed by atoms with Crippen LogP contribution in [0.2, 0.25) is 0 Å². The lowest BCUT2D eigenvalue weighted by Crippen LogP contribution is -2.49. The van der Waals surface area contributed by atoms with Crippen LogP contribution in [0, 0.1) is 22.7 Å². The van der Waals surface area contributed by atoms with Crippen molar-refractivity contribution in [3.63, 3.8) is 0 Å². The van der Waals surface area contributed by atoms with Crippen molar-refractivity contribution in [3.05, 3.63) is 29.3 Å². The maximum atomic E-state index is 13.4. The fourth-order valence-electron chi connectivity index (χ4n) is 5.59. The third-order valence-electron chi connectivity index (χ3n) is 7.33. The van der Waals surface area contributed by atoms with Crippen LogP contribution >= 0.6 is 0 Å². The number of nitrogens with one attached hydrogen (secondary N) is 1. The van der Waals surface area contributed by atoms with Gasteiger partial charge >= 0.3 is 12.2 Å². The average Bonchev–Trinajstić information content (AvgIpc) is 3.40. The van der Waals surface area contributed by atoms with Crippen LogP contribution in [0.15, 0.2) is 18.2 Å². The normalized spacial score (nSPS) is 26.2. The van der Waals surface area contributed by atoms with E-state index in [9.17, 15) is 18.0 Å². The van der Waals surface area contributed by atoms with E-state index >= 15 is 0 Å². The molecule has 1 aromatic rings. The van der Waals surface area contributed by atoms with E-state index in [-0.39, 0.29) is 29.0 Å². The summed E-state index contributed by atoms with van der Waals surface area (Å²) in [5, 5.41) is 12.2. The van der Waals surface area contributed by atoms with Crippen molar-refractivity contribution >= 4 is 11.7 Å². The van der Waals surface area contributed by atoms with E-state index in [1.54, 1.807) is 19.2 Å². The topological polar surface area (TPSA) is 68.6 Å². The predicted octanol–water partition coefficient (Wildman–Crippen LogP) is 4.00. The monoisotopic (exact) mass is 450 g/mol. The van der Waals surface area contributed by atoms with Gasteiger partial charge in [0.25, 0.3) is 0 Å². The largest absolute Gasteiger partial charge is 0.417 e. The van der Waals surface area contributed by atoms with E-state index in [4.69, 9.17) is 10.00 Å². The highest BCUT2D eigenvalue weighted by atomic mass is 19.4. The van der Waals surface area contributed by atoms with Gasteiger partial charge in [0.05, 0.1) is 23.8 Å². The fraction of sp³-hybridized carbons (Fsp3) is 0.652. The molecule has 4 rings (SSSR count). The van der Waals surface area contributed by atoms with Gasteiger partial charge in [-0.25, -0.2) is 4.79 Å². The standard InChI is InChI=1S/C23H29F3N4O2/c1-32-15-22-8-9-29(19-7-6-16(11-27)20(10-19)23(24,25)26)12-17(22)13-30(14-22)21(31)28-18-4-2-3-5-18/h6-7,10,17-18H,2-5,8-9,12-15H2,1H3,(H,28,31)/t17-,22+/m1/s1. The Balaban J connectivity index is 1.51. The van der Waals surface area contributed by atoms with Crippen molar-refractivity contribution in [1.29, 1.82) is 5.26 Å². The summed E-state index contributed by atoms with van der Waals surface area (Å²) in [6.07, 6.45) is 0.445. The van der Waals surface area contributed by atoms with Gasteiger partial charge in [0, 0.05) is 56.4 Å². The number of urea groups is 1. The molecule has 0 bridgehead atoms. The molecular weight excluding hydrogens is 421 g/mol. The molecule has 6 nitrogen and oxygen atoms in total. The van der Waals surface area contributed by atoms with Crippen LogP contribution < -0.4 is 10.2 Å². The zero-order chi connectivity index (χ0) is 22.9. The Morgan fingerprint density at radius 2 is 2.06 bits per heavy atom. The molecule has 3 aliphatic rings. The molecule has 9 heteroatoms. The lowest BCUT2D eigenvalue weighted by Gasteiger charge is -2.44. The number of halogens is 3. The van der Waals surface area contributed by atoms with Crippen LogP contribution in [0.25, 0.3) is 0 Å². The van der Waals surface area contributed by atoms with Gasteiger partial charge in [-0.05, 0) is 37.5 Å². The Morgan fingerprint density at radius 1 is 1.31 bits per heavy atom. The zero-order valence-corrected chi connectivity index (χ0v) is 18.2. The van der Waals surface area contributed by atoms with Crippen LogP contribution in [0.5, 0.6) is 0 Å². The van der Waals surface area contributed by atoms with Crippen LogP contribution in [-0.2, 0) is 10.9 Å². The van der Waals surface area contributed by atoms with Crippen molar-refractivity contribution in [2.45, 2.75) is 44.3 Å². The molecule has 1 saturated carbocycles. The fourth-order valence-corrected chi connectivity index (χ4v) is 5.59. The number of carbonyl (C=O) groups excluding carboxylic acids is 1. The highest BCUT2D eigenvalue weighted by Gasteiger charge is 2.51. The number of carbonyl (C=O) groups is 1. The maximum Gasteiger partial charge on any atom is 0.417 e. The summed E-state index contributed by atoms with van der Waals surface area (Å²) in [4.78, 5) is 16.7. The number of anilines is 1. The molecule has 174 valence electrons. The zero-order valence-electron chi connectivity index (χ0n) is 18.2. The van der Waals surface area contributed by atoms with Crippen molar-refractivity contribution in [1.82, 2.24) is 10.2 Å². The number of nitrogens with zero attached hydrogens (tertiary/aromatic N) is 3. The summed E-state index contributed by atoms with van der Waals surface area (Å²) >= 11 is 0. The summed E-state index contributed by atoms with van der Waals surface area (Å²) < 4.78 is 45.8. The van der Waals surface area contributed by atoms with Crippen LogP contribution in [0.3, 0.4) is 0 Å². The molecule has 32 heavy (non-hydrogen) atoms. The highest BCUT2D eigenvalue weighted by molar-refractivity contribution is 5.75. The average molecular weight is 451 g/mol. The predicted molar refractivity (Wildman–Crippen MR) is 113 cm³/mol. The van der Waals surface area contributed by atoms with E-state index in [0.29, 0.717) is 38.5 Å². The third-order valence-corrected chi connectivity index (χ3v) is 7.33. The minimum atomic E-state index is -4.58. The lowest BCUT2D eigenvalue weighted by molar-refractivity contribution is -0.137. The number of benzene rings is 1. The van der Waals surface area contributed by atoms with Crippen LogP contribution in [0.1, 0.15) is 43.2 Å². The first-order valence-corrected chi connectivity index (χ1v) is 11.2. The van der Waals surface area contributed by atoms with Crippen molar-refractivity contribution in [3.8, 4) is 6.07 Å². The minimum absolute atomic E-state index is 0.0499. The van der Waals surface area contributed by atoms with Crippen molar-refractivity contribution in [2.75, 3.05) is 44.8 Å². The number of rotatable bonds is 4. The molecular formula is C23H29F3N4O2. The quantitative estimate of drug-likeness (QED) is 0.753. The second-order valence-electron chi connectivity index (χ2n) is 9.34. The van der Waals surface area contributed by atoms with E-state index in [1.807, 2.05) is 9.80 Å². The van der Waals surface area contributed by atoms with Gasteiger partial charge in [-0.2, -0.15) is 18.4 Å². The number of alkyl halides is 3. The molecule has 3 fully saturated rings. The summed E-state index contributed by atoms with van der Waals surface area (Å²) in [6, 6.07) is 5.71. The number of piperidine rings is 1. The van der Waals surface area contributed by atoms with Gasteiger partial charge in [-0.1, -0.05) is 12.8 Å². The smallest absolute Gasteiger partial charge is 0.384 e. The number of likely N-dealkylation sites (tertiary alicyclic amines) is 1. The summed E-state index contributed by atoms with van der Waals surface area (Å²) in [7, 11) is 1.65. The molecule has 2 amide bonds. The Labute approximate surface area is 186 Å². The first-order valence-electron chi connectivity index (χ1n) is 11.2. The molecule has 1 aliphatic carbocycles. The first kappa shape index (κ1) is 22.7. The Morgan fingerprint density at radius 3 is 2.72 bits per heavy atom. The SMILES string of the molecule is COC[C@@]12CCN(c3ccc(C#N)c(C(F)(F)F)c3)C[C@@H]1CN(C(=O)NC1CCCC1)C2. The van der Waals surface area contributed by atoms with E-state index in [2.05, 4.69) is 5.32 Å². The molecule has 2 heterocycles. The number of fused-ring (bicyclic) bond motifs is 1. The lowest BCUT2D eigenvalue weighted by atomic mass is 9.73. The number of hydrogen-bond donors (Lipinski definition) is 1. The number of nitriles is 1. The first-order chi connectivity index (χ1) is 15.3. The molecule has 2 atom stereocenters. The van der Waals surface area contributed by atoms with Gasteiger partial charge in [0.1, 0.15) is 0 Å². The van der Waals surface area contributed by atoms with Gasteiger partial charge < -0.3 is 19.9 Å². The Hall–Kier alpha value is -2.47. The van der Waals surface area contributed by atoms with Crippen molar-refractivity contribution < 1.29 is 22.7 Å². The van der Waals surface area contributed by atoms with Gasteiger partial charge in [0.2, 0.25) is 0 Å². The highest BCUT2D eigenvalue weighted by Crippen LogP contribution is 2.45. The molecule has 0 radical (unpaired) electrons. The van der Waals surface area contributed by atoms with Gasteiger partial charge in [-0.15, -0.1) is 0 Å². The Kier molecular flexibility index (Phi) is 6.26. The van der Waals surface area contributed by atoms with Crippen LogP contribution in [-0.4, -0.2) is 56.9 Å². The molecule has 2 saturated heterocycles. The van der Waals surface area contributed by atoms with E-state index in [0.717, 1.165) is 38.2 Å². The molecule has 0 spiro atoms. The molecule has 2 aliphatic heterocycles. The van der Waals surface area contributed by atoms with Crippen molar-refractivity contribution in [2.24, 2.45) is 11.3 Å². The second kappa shape index (κ2) is 8.81. The Bertz CT molecular complexity index is 894. The summed E-state index contributed by atoms with van der Waals surface area (Å²) in [5.74, 6) is 0.0931. The van der Waals surface area contributed by atoms with E-state index in [1.165, 1.54) is 6.07 Å². The molecule has 1 N–H and O–H groups in total. The minimum Gasteiger partial charge on any atom is -0.384 e. The maximum absolute atomic E-state index is 13.4. The molecule has 1 aromatic carbocycles. The molecule has 0 unspecified atom stereocenters. The summed E-state index contributed by atoms with van der Waals surface area (Å²) in [6.45, 7) is 2.78. The number of methoxy groups -OCH3 is 1. The van der Waals surface area contributed by atoms with Gasteiger partial charge in [0.15, 0.2) is 0 Å². The molecule has 0 aromatic heterocycles.